The van der Waals surface area contributed by atoms with Crippen LogP contribution >= 0.6 is 0 Å². The van der Waals surface area contributed by atoms with Crippen LogP contribution in [0.4, 0.5) is 4.39 Å². The highest BCUT2D eigenvalue weighted by Gasteiger charge is 2.19. The number of ether oxygens (including phenoxy) is 1. The van der Waals surface area contributed by atoms with Gasteiger partial charge in [0.2, 0.25) is 11.2 Å². The SMILES string of the molecule is Cc1ccc(-c2oc3cc(C)c(C)cc3c(=O)c2OCc2ccccc2F)cc1. The molecule has 1 aromatic heterocycles. The summed E-state index contributed by atoms with van der Waals surface area (Å²) in [5.41, 5.74) is 4.48. The summed E-state index contributed by atoms with van der Waals surface area (Å²) in [7, 11) is 0. The van der Waals surface area contributed by atoms with Crippen LogP contribution in [-0.2, 0) is 6.61 Å². The van der Waals surface area contributed by atoms with Crippen molar-refractivity contribution in [1.29, 1.82) is 0 Å². The van der Waals surface area contributed by atoms with E-state index in [0.29, 0.717) is 22.3 Å². The van der Waals surface area contributed by atoms with Gasteiger partial charge in [-0.3, -0.25) is 4.79 Å². The summed E-state index contributed by atoms with van der Waals surface area (Å²) in [5.74, 6) is 0.0657. The van der Waals surface area contributed by atoms with Crippen LogP contribution in [0.25, 0.3) is 22.3 Å². The molecule has 4 heteroatoms. The van der Waals surface area contributed by atoms with Gasteiger partial charge in [0.25, 0.3) is 0 Å². The highest BCUT2D eigenvalue weighted by atomic mass is 19.1. The van der Waals surface area contributed by atoms with Gasteiger partial charge in [-0.15, -0.1) is 0 Å². The number of benzene rings is 3. The maximum atomic E-state index is 14.0. The van der Waals surface area contributed by atoms with Gasteiger partial charge in [0.1, 0.15) is 18.0 Å². The van der Waals surface area contributed by atoms with E-state index in [-0.39, 0.29) is 23.6 Å². The Kier molecular flexibility index (Phi) is 4.93. The Morgan fingerprint density at radius 2 is 1.62 bits per heavy atom. The van der Waals surface area contributed by atoms with Gasteiger partial charge >= 0.3 is 0 Å². The third kappa shape index (κ3) is 3.66. The summed E-state index contributed by atoms with van der Waals surface area (Å²) in [5, 5.41) is 0.451. The normalized spacial score (nSPS) is 11.0. The lowest BCUT2D eigenvalue weighted by molar-refractivity contribution is 0.292. The summed E-state index contributed by atoms with van der Waals surface area (Å²) in [6, 6.07) is 17.7. The number of hydrogen-bond donors (Lipinski definition) is 0. The summed E-state index contributed by atoms with van der Waals surface area (Å²) in [6.07, 6.45) is 0. The lowest BCUT2D eigenvalue weighted by atomic mass is 10.0. The van der Waals surface area contributed by atoms with Gasteiger partial charge in [-0.25, -0.2) is 4.39 Å². The minimum absolute atomic E-state index is 0.0629. The zero-order chi connectivity index (χ0) is 20.5. The molecule has 0 amide bonds. The van der Waals surface area contributed by atoms with Crippen molar-refractivity contribution in [3.63, 3.8) is 0 Å². The monoisotopic (exact) mass is 388 g/mol. The van der Waals surface area contributed by atoms with Gasteiger partial charge < -0.3 is 9.15 Å². The highest BCUT2D eigenvalue weighted by molar-refractivity contribution is 5.83. The van der Waals surface area contributed by atoms with Gasteiger partial charge in [-0.05, 0) is 50.1 Å². The van der Waals surface area contributed by atoms with E-state index < -0.39 is 0 Å². The van der Waals surface area contributed by atoms with Crippen LogP contribution < -0.4 is 10.2 Å². The molecule has 0 fully saturated rings. The zero-order valence-electron chi connectivity index (χ0n) is 16.6. The Labute approximate surface area is 168 Å². The maximum Gasteiger partial charge on any atom is 0.235 e. The van der Waals surface area contributed by atoms with Gasteiger partial charge in [0.05, 0.1) is 5.39 Å². The number of rotatable bonds is 4. The van der Waals surface area contributed by atoms with E-state index in [0.717, 1.165) is 22.3 Å². The first-order valence-corrected chi connectivity index (χ1v) is 9.45. The van der Waals surface area contributed by atoms with Gasteiger partial charge in [0, 0.05) is 11.1 Å². The van der Waals surface area contributed by atoms with Crippen molar-refractivity contribution in [1.82, 2.24) is 0 Å². The predicted octanol–water partition coefficient (Wildman–Crippen LogP) is 6.10. The molecular formula is C25H21FO3. The smallest absolute Gasteiger partial charge is 0.235 e. The molecule has 4 aromatic rings. The Morgan fingerprint density at radius 3 is 2.34 bits per heavy atom. The minimum Gasteiger partial charge on any atom is -0.481 e. The molecule has 0 N–H and O–H groups in total. The highest BCUT2D eigenvalue weighted by Crippen LogP contribution is 2.32. The largest absolute Gasteiger partial charge is 0.481 e. The Bertz CT molecular complexity index is 1250. The first kappa shape index (κ1) is 18.9. The van der Waals surface area contributed by atoms with Crippen LogP contribution in [0, 0.1) is 26.6 Å². The second-order valence-corrected chi connectivity index (χ2v) is 7.27. The first-order valence-electron chi connectivity index (χ1n) is 9.45. The molecule has 29 heavy (non-hydrogen) atoms. The standard InChI is InChI=1S/C25H21FO3/c1-15-8-10-18(11-9-15)24-25(28-14-19-6-4-5-7-21(19)26)23(27)20-12-16(2)17(3)13-22(20)29-24/h4-13H,14H2,1-3H3. The fourth-order valence-electron chi connectivity index (χ4n) is 3.22. The van der Waals surface area contributed by atoms with E-state index in [1.54, 1.807) is 18.2 Å². The van der Waals surface area contributed by atoms with Crippen LogP contribution in [0.3, 0.4) is 0 Å². The van der Waals surface area contributed by atoms with E-state index in [1.165, 1.54) is 6.07 Å². The minimum atomic E-state index is -0.374. The topological polar surface area (TPSA) is 39.4 Å². The molecular weight excluding hydrogens is 367 g/mol. The summed E-state index contributed by atoms with van der Waals surface area (Å²) < 4.78 is 26.0. The average molecular weight is 388 g/mol. The van der Waals surface area contributed by atoms with E-state index in [1.807, 2.05) is 57.2 Å². The predicted molar refractivity (Wildman–Crippen MR) is 113 cm³/mol. The van der Waals surface area contributed by atoms with E-state index in [2.05, 4.69) is 0 Å². The van der Waals surface area contributed by atoms with Crippen LogP contribution in [0.1, 0.15) is 22.3 Å². The van der Waals surface area contributed by atoms with Crippen molar-refractivity contribution in [2.45, 2.75) is 27.4 Å². The van der Waals surface area contributed by atoms with E-state index in [9.17, 15) is 9.18 Å². The number of halogens is 1. The van der Waals surface area contributed by atoms with Crippen LogP contribution in [0.5, 0.6) is 5.75 Å². The first-order chi connectivity index (χ1) is 13.9. The van der Waals surface area contributed by atoms with Crippen LogP contribution in [0.2, 0.25) is 0 Å². The molecule has 1 heterocycles. The van der Waals surface area contributed by atoms with Crippen molar-refractivity contribution in [2.75, 3.05) is 0 Å². The molecule has 3 nitrogen and oxygen atoms in total. The van der Waals surface area contributed by atoms with Crippen molar-refractivity contribution in [3.8, 4) is 17.1 Å². The van der Waals surface area contributed by atoms with Crippen LogP contribution in [-0.4, -0.2) is 0 Å². The summed E-state index contributed by atoms with van der Waals surface area (Å²) in [6.45, 7) is 5.85. The van der Waals surface area contributed by atoms with Gasteiger partial charge in [-0.2, -0.15) is 0 Å². The quantitative estimate of drug-likeness (QED) is 0.424. The van der Waals surface area contributed by atoms with E-state index >= 15 is 0 Å². The number of fused-ring (bicyclic) bond motifs is 1. The summed E-state index contributed by atoms with van der Waals surface area (Å²) >= 11 is 0. The molecule has 0 aliphatic heterocycles. The average Bonchev–Trinajstić information content (AvgIpc) is 2.70. The molecule has 146 valence electrons. The van der Waals surface area contributed by atoms with Gasteiger partial charge in [0.15, 0.2) is 5.76 Å². The molecule has 0 bridgehead atoms. The summed E-state index contributed by atoms with van der Waals surface area (Å²) in [4.78, 5) is 13.3. The van der Waals surface area contributed by atoms with E-state index in [4.69, 9.17) is 9.15 Å². The molecule has 4 rings (SSSR count). The third-order valence-corrected chi connectivity index (χ3v) is 5.11. The fourth-order valence-corrected chi connectivity index (χ4v) is 3.22. The number of hydrogen-bond acceptors (Lipinski definition) is 3. The molecule has 0 saturated heterocycles. The Morgan fingerprint density at radius 1 is 0.931 bits per heavy atom. The molecule has 0 radical (unpaired) electrons. The molecule has 0 spiro atoms. The zero-order valence-corrected chi connectivity index (χ0v) is 16.6. The Balaban J connectivity index is 1.89. The van der Waals surface area contributed by atoms with Crippen molar-refractivity contribution < 1.29 is 13.5 Å². The molecule has 0 atom stereocenters. The lowest BCUT2D eigenvalue weighted by Crippen LogP contribution is -2.11. The second-order valence-electron chi connectivity index (χ2n) is 7.27. The fraction of sp³-hybridized carbons (Fsp3) is 0.160. The second kappa shape index (κ2) is 7.55. The maximum absolute atomic E-state index is 14.0. The third-order valence-electron chi connectivity index (χ3n) is 5.11. The van der Waals surface area contributed by atoms with Crippen molar-refractivity contribution in [3.05, 3.63) is 99.0 Å². The van der Waals surface area contributed by atoms with Crippen molar-refractivity contribution in [2.24, 2.45) is 0 Å². The molecule has 3 aromatic carbocycles. The van der Waals surface area contributed by atoms with Gasteiger partial charge in [-0.1, -0.05) is 48.0 Å². The van der Waals surface area contributed by atoms with Crippen LogP contribution in [0.15, 0.2) is 69.9 Å². The van der Waals surface area contributed by atoms with Crippen molar-refractivity contribution >= 4 is 11.0 Å². The number of aryl methyl sites for hydroxylation is 3. The molecule has 0 aliphatic carbocycles. The molecule has 0 saturated carbocycles. The lowest BCUT2D eigenvalue weighted by Gasteiger charge is -2.13. The molecule has 0 aliphatic rings. The molecule has 0 unspecified atom stereocenters. The Hall–Kier alpha value is -3.40.